The summed E-state index contributed by atoms with van der Waals surface area (Å²) in [6.07, 6.45) is 0. The zero-order valence-electron chi connectivity index (χ0n) is 16.5. The van der Waals surface area contributed by atoms with Crippen LogP contribution >= 0.6 is 11.8 Å². The standard InChI is InChI=1S/C19H19F2N5O4S/c1-28-14-8-3-11(9-15(14)29-2)17-24-25-19(26(17)22)31-10-16(27)23-12-4-6-13(7-5-12)30-18(20)21/h3-9,18H,10,22H2,1-2H3,(H,23,27). The maximum Gasteiger partial charge on any atom is 0.387 e. The van der Waals surface area contributed by atoms with E-state index in [0.29, 0.717) is 33.7 Å². The predicted octanol–water partition coefficient (Wildman–Crippen LogP) is 3.01. The van der Waals surface area contributed by atoms with Crippen LogP contribution in [-0.4, -0.2) is 47.4 Å². The molecule has 0 bridgehead atoms. The molecule has 2 aromatic carbocycles. The number of thioether (sulfide) groups is 1. The van der Waals surface area contributed by atoms with Crippen LogP contribution in [0.15, 0.2) is 47.6 Å². The number of amides is 1. The molecule has 0 aliphatic rings. The van der Waals surface area contributed by atoms with E-state index in [0.717, 1.165) is 11.8 Å². The Morgan fingerprint density at radius 3 is 2.48 bits per heavy atom. The van der Waals surface area contributed by atoms with Crippen LogP contribution in [0.4, 0.5) is 14.5 Å². The number of nitrogens with zero attached hydrogens (tertiary/aromatic N) is 3. The lowest BCUT2D eigenvalue weighted by molar-refractivity contribution is -0.113. The molecule has 164 valence electrons. The van der Waals surface area contributed by atoms with E-state index in [4.69, 9.17) is 15.3 Å². The zero-order valence-corrected chi connectivity index (χ0v) is 17.4. The van der Waals surface area contributed by atoms with Crippen molar-refractivity contribution in [1.82, 2.24) is 14.9 Å². The van der Waals surface area contributed by atoms with Crippen LogP contribution in [0.2, 0.25) is 0 Å². The van der Waals surface area contributed by atoms with E-state index in [9.17, 15) is 13.6 Å². The van der Waals surface area contributed by atoms with Crippen molar-refractivity contribution in [3.05, 3.63) is 42.5 Å². The summed E-state index contributed by atoms with van der Waals surface area (Å²) in [4.78, 5) is 12.2. The molecule has 3 N–H and O–H groups in total. The third kappa shape index (κ3) is 5.54. The average Bonchev–Trinajstić information content (AvgIpc) is 3.13. The highest BCUT2D eigenvalue weighted by molar-refractivity contribution is 7.99. The topological polar surface area (TPSA) is 114 Å². The first-order valence-corrected chi connectivity index (χ1v) is 9.80. The summed E-state index contributed by atoms with van der Waals surface area (Å²) >= 11 is 1.09. The van der Waals surface area contributed by atoms with Gasteiger partial charge in [-0.25, -0.2) is 4.68 Å². The van der Waals surface area contributed by atoms with E-state index in [1.54, 1.807) is 18.2 Å². The number of hydrogen-bond acceptors (Lipinski definition) is 8. The van der Waals surface area contributed by atoms with Crippen LogP contribution in [0.25, 0.3) is 11.4 Å². The molecule has 31 heavy (non-hydrogen) atoms. The highest BCUT2D eigenvalue weighted by atomic mass is 32.2. The van der Waals surface area contributed by atoms with Gasteiger partial charge in [0.05, 0.1) is 20.0 Å². The summed E-state index contributed by atoms with van der Waals surface area (Å²) < 4.78 is 40.4. The Labute approximate surface area is 180 Å². The van der Waals surface area contributed by atoms with Crippen LogP contribution in [0.3, 0.4) is 0 Å². The van der Waals surface area contributed by atoms with Crippen LogP contribution in [-0.2, 0) is 4.79 Å². The molecule has 0 aliphatic carbocycles. The Kier molecular flexibility index (Phi) is 7.13. The van der Waals surface area contributed by atoms with Gasteiger partial charge in [-0.05, 0) is 42.5 Å². The Bertz CT molecular complexity index is 1050. The molecule has 3 aromatic rings. The molecule has 3 rings (SSSR count). The molecule has 9 nitrogen and oxygen atoms in total. The predicted molar refractivity (Wildman–Crippen MR) is 111 cm³/mol. The maximum absolute atomic E-state index is 12.2. The molecule has 0 atom stereocenters. The van der Waals surface area contributed by atoms with E-state index < -0.39 is 6.61 Å². The summed E-state index contributed by atoms with van der Waals surface area (Å²) in [5.41, 5.74) is 1.10. The minimum Gasteiger partial charge on any atom is -0.493 e. The SMILES string of the molecule is COc1ccc(-c2nnc(SCC(=O)Nc3ccc(OC(F)F)cc3)n2N)cc1OC. The zero-order chi connectivity index (χ0) is 22.4. The molecule has 1 heterocycles. The molecule has 0 unspecified atom stereocenters. The number of halogens is 2. The summed E-state index contributed by atoms with van der Waals surface area (Å²) in [6, 6.07) is 10.8. The fourth-order valence-corrected chi connectivity index (χ4v) is 3.25. The van der Waals surface area contributed by atoms with Crippen molar-refractivity contribution in [2.75, 3.05) is 31.1 Å². The maximum atomic E-state index is 12.2. The second-order valence-electron chi connectivity index (χ2n) is 5.99. The van der Waals surface area contributed by atoms with Crippen molar-refractivity contribution in [2.45, 2.75) is 11.8 Å². The van der Waals surface area contributed by atoms with Crippen molar-refractivity contribution in [1.29, 1.82) is 0 Å². The number of anilines is 1. The summed E-state index contributed by atoms with van der Waals surface area (Å²) in [5, 5.41) is 11.1. The number of hydrogen-bond donors (Lipinski definition) is 2. The molecule has 1 aromatic heterocycles. The van der Waals surface area contributed by atoms with Crippen LogP contribution in [0.5, 0.6) is 17.2 Å². The van der Waals surface area contributed by atoms with Crippen LogP contribution < -0.4 is 25.4 Å². The Hall–Kier alpha value is -3.54. The molecule has 0 fully saturated rings. The molecular weight excluding hydrogens is 432 g/mol. The minimum atomic E-state index is -2.91. The molecule has 0 radical (unpaired) electrons. The molecule has 12 heteroatoms. The first kappa shape index (κ1) is 22.2. The first-order valence-electron chi connectivity index (χ1n) is 8.81. The van der Waals surface area contributed by atoms with E-state index in [1.165, 1.54) is 43.2 Å². The highest BCUT2D eigenvalue weighted by Gasteiger charge is 2.16. The van der Waals surface area contributed by atoms with Gasteiger partial charge in [0.15, 0.2) is 17.3 Å². The van der Waals surface area contributed by atoms with Gasteiger partial charge in [-0.1, -0.05) is 11.8 Å². The number of alkyl halides is 2. The number of ether oxygens (including phenoxy) is 3. The number of methoxy groups -OCH3 is 2. The second kappa shape index (κ2) is 9.98. The van der Waals surface area contributed by atoms with Gasteiger partial charge in [0.2, 0.25) is 11.1 Å². The van der Waals surface area contributed by atoms with Crippen molar-refractivity contribution >= 4 is 23.4 Å². The largest absolute Gasteiger partial charge is 0.493 e. The van der Waals surface area contributed by atoms with E-state index in [1.807, 2.05) is 0 Å². The molecule has 1 amide bonds. The number of nitrogen functional groups attached to an aromatic ring is 1. The molecule has 0 spiro atoms. The number of nitrogens with one attached hydrogen (secondary N) is 1. The van der Waals surface area contributed by atoms with Crippen LogP contribution in [0, 0.1) is 0 Å². The number of rotatable bonds is 9. The van der Waals surface area contributed by atoms with Gasteiger partial charge in [0, 0.05) is 11.3 Å². The van der Waals surface area contributed by atoms with E-state index >= 15 is 0 Å². The van der Waals surface area contributed by atoms with Crippen molar-refractivity contribution in [3.63, 3.8) is 0 Å². The van der Waals surface area contributed by atoms with E-state index in [-0.39, 0.29) is 17.4 Å². The third-order valence-electron chi connectivity index (χ3n) is 4.00. The van der Waals surface area contributed by atoms with Gasteiger partial charge in [-0.2, -0.15) is 8.78 Å². The van der Waals surface area contributed by atoms with Gasteiger partial charge >= 0.3 is 6.61 Å². The number of carbonyl (C=O) groups excluding carboxylic acids is 1. The molecule has 0 aliphatic heterocycles. The number of benzene rings is 2. The summed E-state index contributed by atoms with van der Waals surface area (Å²) in [6.45, 7) is -2.91. The highest BCUT2D eigenvalue weighted by Crippen LogP contribution is 2.32. The fourth-order valence-electron chi connectivity index (χ4n) is 2.59. The summed E-state index contributed by atoms with van der Waals surface area (Å²) in [5.74, 6) is 7.23. The Balaban J connectivity index is 1.61. The smallest absolute Gasteiger partial charge is 0.387 e. The van der Waals surface area contributed by atoms with Gasteiger partial charge in [0.1, 0.15) is 5.75 Å². The van der Waals surface area contributed by atoms with Crippen molar-refractivity contribution in [3.8, 4) is 28.6 Å². The minimum absolute atomic E-state index is 0.00120. The lowest BCUT2D eigenvalue weighted by Crippen LogP contribution is -2.16. The van der Waals surface area contributed by atoms with Crippen LogP contribution in [0.1, 0.15) is 0 Å². The second-order valence-corrected chi connectivity index (χ2v) is 6.93. The first-order chi connectivity index (χ1) is 14.9. The molecule has 0 saturated heterocycles. The summed E-state index contributed by atoms with van der Waals surface area (Å²) in [7, 11) is 3.06. The van der Waals surface area contributed by atoms with E-state index in [2.05, 4.69) is 20.3 Å². The average molecular weight is 451 g/mol. The Morgan fingerprint density at radius 2 is 1.84 bits per heavy atom. The Morgan fingerprint density at radius 1 is 1.13 bits per heavy atom. The normalized spacial score (nSPS) is 10.7. The monoisotopic (exact) mass is 451 g/mol. The van der Waals surface area contributed by atoms with Crippen molar-refractivity contribution < 1.29 is 27.8 Å². The molecule has 0 saturated carbocycles. The quantitative estimate of drug-likeness (QED) is 0.377. The third-order valence-corrected chi connectivity index (χ3v) is 4.94. The number of carbonyl (C=O) groups is 1. The van der Waals surface area contributed by atoms with Gasteiger partial charge in [0.25, 0.3) is 0 Å². The lowest BCUT2D eigenvalue weighted by Gasteiger charge is -2.09. The fraction of sp³-hybridized carbons (Fsp3) is 0.211. The van der Waals surface area contributed by atoms with Gasteiger partial charge < -0.3 is 25.4 Å². The number of nitrogens with two attached hydrogens (primary N) is 1. The van der Waals surface area contributed by atoms with Gasteiger partial charge in [-0.15, -0.1) is 10.2 Å². The van der Waals surface area contributed by atoms with Crippen molar-refractivity contribution in [2.24, 2.45) is 0 Å². The molecular formula is C19H19F2N5O4S. The van der Waals surface area contributed by atoms with Gasteiger partial charge in [-0.3, -0.25) is 4.79 Å². The number of aromatic nitrogens is 3. The lowest BCUT2D eigenvalue weighted by atomic mass is 10.2.